The number of ether oxygens (including phenoxy) is 1. The van der Waals surface area contributed by atoms with Gasteiger partial charge in [-0.05, 0) is 40.7 Å². The van der Waals surface area contributed by atoms with Crippen LogP contribution in [0.2, 0.25) is 0 Å². The van der Waals surface area contributed by atoms with Gasteiger partial charge in [0, 0.05) is 25.8 Å². The van der Waals surface area contributed by atoms with E-state index in [0.717, 1.165) is 0 Å². The minimum Gasteiger partial charge on any atom is -0.444 e. The van der Waals surface area contributed by atoms with E-state index < -0.39 is 11.1 Å². The highest BCUT2D eigenvalue weighted by atomic mass is 16.6. The molecule has 1 aromatic heterocycles. The van der Waals surface area contributed by atoms with E-state index >= 15 is 0 Å². The van der Waals surface area contributed by atoms with Crippen LogP contribution in [0.15, 0.2) is 18.6 Å². The van der Waals surface area contributed by atoms with Crippen LogP contribution in [0.5, 0.6) is 0 Å². The normalized spacial score (nSPS) is 17.8. The molecule has 0 spiro atoms. The molecule has 0 radical (unpaired) electrons. The lowest BCUT2D eigenvalue weighted by Crippen LogP contribution is -2.62. The molecule has 1 aromatic rings. The van der Waals surface area contributed by atoms with Gasteiger partial charge in [-0.25, -0.2) is 14.8 Å². The Balaban J connectivity index is 2.09. The Morgan fingerprint density at radius 2 is 1.96 bits per heavy atom. The van der Waals surface area contributed by atoms with Crippen molar-refractivity contribution >= 4 is 12.0 Å². The van der Waals surface area contributed by atoms with Gasteiger partial charge >= 0.3 is 6.09 Å². The molecule has 0 saturated carbocycles. The minimum absolute atomic E-state index is 0.152. The Kier molecular flexibility index (Phi) is 4.58. The van der Waals surface area contributed by atoms with Gasteiger partial charge in [-0.1, -0.05) is 0 Å². The van der Waals surface area contributed by atoms with Gasteiger partial charge in [0.1, 0.15) is 17.6 Å². The molecule has 1 fully saturated rings. The zero-order valence-corrected chi connectivity index (χ0v) is 14.4. The molecular weight excluding hydrogens is 296 g/mol. The molecule has 0 N–H and O–H groups in total. The topological polar surface area (TPSA) is 75.6 Å². The lowest BCUT2D eigenvalue weighted by molar-refractivity contribution is -0.0110. The molecule has 7 heteroatoms. The number of hydrogen-bond donors (Lipinski definition) is 0. The summed E-state index contributed by atoms with van der Waals surface area (Å²) in [7, 11) is 0. The molecule has 0 atom stereocenters. The summed E-state index contributed by atoms with van der Waals surface area (Å²) in [6.07, 6.45) is 2.56. The van der Waals surface area contributed by atoms with Gasteiger partial charge in [0.05, 0.1) is 5.54 Å². The smallest absolute Gasteiger partial charge is 0.410 e. The molecule has 1 saturated heterocycles. The number of amides is 2. The number of nitrogens with zero attached hydrogens (tertiary/aromatic N) is 4. The average molecular weight is 320 g/mol. The largest absolute Gasteiger partial charge is 0.444 e. The van der Waals surface area contributed by atoms with Crippen molar-refractivity contribution in [1.82, 2.24) is 19.8 Å². The highest BCUT2D eigenvalue weighted by Crippen LogP contribution is 2.24. The van der Waals surface area contributed by atoms with Crippen molar-refractivity contribution in [2.24, 2.45) is 0 Å². The number of hydrogen-bond acceptors (Lipinski definition) is 5. The molecule has 0 aliphatic carbocycles. The summed E-state index contributed by atoms with van der Waals surface area (Å²) in [6.45, 7) is 10.7. The fraction of sp³-hybridized carbons (Fsp3) is 0.625. The first-order chi connectivity index (χ1) is 10.6. The van der Waals surface area contributed by atoms with Crippen LogP contribution in [-0.4, -0.2) is 62.5 Å². The Morgan fingerprint density at radius 3 is 2.48 bits per heavy atom. The van der Waals surface area contributed by atoms with E-state index in [1.807, 2.05) is 34.6 Å². The van der Waals surface area contributed by atoms with E-state index in [2.05, 4.69) is 9.97 Å². The second-order valence-electron chi connectivity index (χ2n) is 7.27. The molecule has 0 unspecified atom stereocenters. The van der Waals surface area contributed by atoms with Gasteiger partial charge < -0.3 is 14.5 Å². The monoisotopic (exact) mass is 320 g/mol. The van der Waals surface area contributed by atoms with Crippen molar-refractivity contribution in [3.05, 3.63) is 24.3 Å². The number of piperazine rings is 1. The standard InChI is InChI=1S/C16H24N4O3/c1-15(2,3)23-14(22)19-8-9-20(16(4,5)10-19)13(21)12-6-7-17-11-18-12/h6-7,11H,8-10H2,1-5H3. The van der Waals surface area contributed by atoms with Gasteiger partial charge in [-0.15, -0.1) is 0 Å². The fourth-order valence-corrected chi connectivity index (χ4v) is 2.57. The van der Waals surface area contributed by atoms with E-state index in [1.165, 1.54) is 6.33 Å². The molecule has 0 aromatic carbocycles. The second kappa shape index (κ2) is 6.14. The average Bonchev–Trinajstić information content (AvgIpc) is 2.44. The molecule has 2 amide bonds. The maximum absolute atomic E-state index is 12.6. The lowest BCUT2D eigenvalue weighted by Gasteiger charge is -2.46. The van der Waals surface area contributed by atoms with E-state index in [4.69, 9.17) is 4.74 Å². The molecule has 2 rings (SSSR count). The van der Waals surface area contributed by atoms with E-state index in [0.29, 0.717) is 25.3 Å². The first kappa shape index (κ1) is 17.2. The highest BCUT2D eigenvalue weighted by molar-refractivity contribution is 5.92. The Morgan fingerprint density at radius 1 is 1.26 bits per heavy atom. The summed E-state index contributed by atoms with van der Waals surface area (Å²) in [5.41, 5.74) is -0.675. The van der Waals surface area contributed by atoms with Gasteiger partial charge in [-0.3, -0.25) is 4.79 Å². The van der Waals surface area contributed by atoms with Crippen molar-refractivity contribution in [2.75, 3.05) is 19.6 Å². The summed E-state index contributed by atoms with van der Waals surface area (Å²) >= 11 is 0. The van der Waals surface area contributed by atoms with Crippen molar-refractivity contribution < 1.29 is 14.3 Å². The fourth-order valence-electron chi connectivity index (χ4n) is 2.57. The lowest BCUT2D eigenvalue weighted by atomic mass is 9.98. The van der Waals surface area contributed by atoms with Crippen LogP contribution in [0.4, 0.5) is 4.79 Å². The summed E-state index contributed by atoms with van der Waals surface area (Å²) < 4.78 is 5.41. The second-order valence-corrected chi connectivity index (χ2v) is 7.27. The first-order valence-electron chi connectivity index (χ1n) is 7.66. The van der Waals surface area contributed by atoms with Crippen LogP contribution in [-0.2, 0) is 4.74 Å². The van der Waals surface area contributed by atoms with Gasteiger partial charge in [0.25, 0.3) is 5.91 Å². The van der Waals surface area contributed by atoms with Crippen LogP contribution in [0.1, 0.15) is 45.1 Å². The molecule has 23 heavy (non-hydrogen) atoms. The van der Waals surface area contributed by atoms with Crippen LogP contribution >= 0.6 is 0 Å². The predicted molar refractivity (Wildman–Crippen MR) is 85.0 cm³/mol. The van der Waals surface area contributed by atoms with Gasteiger partial charge in [0.15, 0.2) is 0 Å². The maximum Gasteiger partial charge on any atom is 0.410 e. The van der Waals surface area contributed by atoms with Crippen LogP contribution in [0.3, 0.4) is 0 Å². The summed E-state index contributed by atoms with van der Waals surface area (Å²) in [4.78, 5) is 36.1. The van der Waals surface area contributed by atoms with Crippen molar-refractivity contribution in [3.8, 4) is 0 Å². The molecule has 126 valence electrons. The van der Waals surface area contributed by atoms with Gasteiger partial charge in [0.2, 0.25) is 0 Å². The number of carbonyl (C=O) groups is 2. The number of carbonyl (C=O) groups excluding carboxylic acids is 2. The Labute approximate surface area is 136 Å². The van der Waals surface area contributed by atoms with Crippen LogP contribution in [0, 0.1) is 0 Å². The first-order valence-corrected chi connectivity index (χ1v) is 7.66. The van der Waals surface area contributed by atoms with Crippen LogP contribution < -0.4 is 0 Å². The quantitative estimate of drug-likeness (QED) is 0.790. The highest BCUT2D eigenvalue weighted by Gasteiger charge is 2.40. The summed E-state index contributed by atoms with van der Waals surface area (Å²) in [5.74, 6) is -0.152. The van der Waals surface area contributed by atoms with Crippen molar-refractivity contribution in [1.29, 1.82) is 0 Å². The third-order valence-corrected chi connectivity index (χ3v) is 3.60. The zero-order valence-electron chi connectivity index (χ0n) is 14.4. The SMILES string of the molecule is CC(C)(C)OC(=O)N1CCN(C(=O)c2ccncn2)C(C)(C)C1. The van der Waals surface area contributed by atoms with Crippen molar-refractivity contribution in [2.45, 2.75) is 45.8 Å². The maximum atomic E-state index is 12.6. The summed E-state index contributed by atoms with van der Waals surface area (Å²) in [6, 6.07) is 1.60. The summed E-state index contributed by atoms with van der Waals surface area (Å²) in [5, 5.41) is 0. The third-order valence-electron chi connectivity index (χ3n) is 3.60. The zero-order chi connectivity index (χ0) is 17.3. The molecule has 2 heterocycles. The predicted octanol–water partition coefficient (Wildman–Crippen LogP) is 1.95. The molecule has 1 aliphatic heterocycles. The number of aromatic nitrogens is 2. The van der Waals surface area contributed by atoms with Crippen molar-refractivity contribution in [3.63, 3.8) is 0 Å². The Hall–Kier alpha value is -2.18. The van der Waals surface area contributed by atoms with E-state index in [1.54, 1.807) is 22.1 Å². The molecule has 0 bridgehead atoms. The van der Waals surface area contributed by atoms with E-state index in [-0.39, 0.29) is 12.0 Å². The van der Waals surface area contributed by atoms with Gasteiger partial charge in [-0.2, -0.15) is 0 Å². The molecule has 7 nitrogen and oxygen atoms in total. The van der Waals surface area contributed by atoms with Crippen LogP contribution in [0.25, 0.3) is 0 Å². The Bertz CT molecular complexity index is 581. The minimum atomic E-state index is -0.533. The molecule has 1 aliphatic rings. The number of rotatable bonds is 1. The van der Waals surface area contributed by atoms with E-state index in [9.17, 15) is 9.59 Å². The third kappa shape index (κ3) is 4.18. The molecular formula is C16H24N4O3.